The molecule has 3 rings (SSSR count). The number of benzene rings is 2. The van der Waals surface area contributed by atoms with Crippen molar-refractivity contribution in [2.24, 2.45) is 0 Å². The van der Waals surface area contributed by atoms with Crippen molar-refractivity contribution in [1.82, 2.24) is 4.98 Å². The fourth-order valence-corrected chi connectivity index (χ4v) is 1.54. The number of hydrogen-bond acceptors (Lipinski definition) is 3. The van der Waals surface area contributed by atoms with Crippen molar-refractivity contribution in [1.29, 1.82) is 0 Å². The van der Waals surface area contributed by atoms with Gasteiger partial charge in [-0.05, 0) is 36.4 Å². The lowest BCUT2D eigenvalue weighted by Gasteiger charge is -2.02. The Balaban J connectivity index is 0.000000225. The van der Waals surface area contributed by atoms with Crippen LogP contribution in [0.3, 0.4) is 0 Å². The van der Waals surface area contributed by atoms with Gasteiger partial charge in [0, 0.05) is 12.4 Å². The lowest BCUT2D eigenvalue weighted by Crippen LogP contribution is -2.07. The van der Waals surface area contributed by atoms with Crippen LogP contribution in [0.15, 0.2) is 91.3 Å². The van der Waals surface area contributed by atoms with Gasteiger partial charge >= 0.3 is 5.97 Å². The second-order valence-electron chi connectivity index (χ2n) is 4.09. The maximum Gasteiger partial charge on any atom is 0.343 e. The molecule has 0 aliphatic rings. The van der Waals surface area contributed by atoms with E-state index in [1.807, 2.05) is 54.6 Å². The van der Waals surface area contributed by atoms with Crippen LogP contribution >= 0.6 is 0 Å². The molecule has 0 saturated heterocycles. The van der Waals surface area contributed by atoms with E-state index in [1.165, 1.54) is 0 Å². The van der Waals surface area contributed by atoms with Gasteiger partial charge in [-0.1, -0.05) is 42.5 Å². The molecule has 0 N–H and O–H groups in total. The quantitative estimate of drug-likeness (QED) is 0.525. The highest BCUT2D eigenvalue weighted by Crippen LogP contribution is 2.11. The van der Waals surface area contributed by atoms with Gasteiger partial charge in [0.25, 0.3) is 0 Å². The maximum atomic E-state index is 11.6. The topological polar surface area (TPSA) is 39.2 Å². The standard InChI is InChI=1S/C13H10O2.C5H5N/c14-13(11-7-3-1-4-8-11)15-12-9-5-2-6-10-12;1-2-4-6-5-3-1/h1-10H;1-5H. The van der Waals surface area contributed by atoms with Crippen LogP contribution in [0.1, 0.15) is 10.4 Å². The molecule has 0 bridgehead atoms. The van der Waals surface area contributed by atoms with Gasteiger partial charge in [-0.3, -0.25) is 4.98 Å². The third kappa shape index (κ3) is 5.28. The van der Waals surface area contributed by atoms with E-state index in [2.05, 4.69) is 4.98 Å². The fourth-order valence-electron chi connectivity index (χ4n) is 1.54. The molecule has 0 amide bonds. The van der Waals surface area contributed by atoms with Crippen molar-refractivity contribution in [3.63, 3.8) is 0 Å². The Hall–Kier alpha value is -2.94. The Morgan fingerprint density at radius 2 is 1.24 bits per heavy atom. The lowest BCUT2D eigenvalue weighted by molar-refractivity contribution is 0.0735. The number of ether oxygens (including phenoxy) is 1. The summed E-state index contributed by atoms with van der Waals surface area (Å²) in [6, 6.07) is 23.7. The average Bonchev–Trinajstić information content (AvgIpc) is 2.59. The Morgan fingerprint density at radius 1 is 0.714 bits per heavy atom. The van der Waals surface area contributed by atoms with Crippen LogP contribution in [0.4, 0.5) is 0 Å². The molecule has 1 aromatic heterocycles. The van der Waals surface area contributed by atoms with E-state index < -0.39 is 0 Å². The number of hydrogen-bond donors (Lipinski definition) is 0. The Morgan fingerprint density at radius 3 is 1.71 bits per heavy atom. The number of rotatable bonds is 2. The van der Waals surface area contributed by atoms with Crippen LogP contribution in [-0.4, -0.2) is 11.0 Å². The van der Waals surface area contributed by atoms with E-state index in [1.54, 1.807) is 36.7 Å². The van der Waals surface area contributed by atoms with Gasteiger partial charge in [-0.2, -0.15) is 0 Å². The third-order valence-corrected chi connectivity index (χ3v) is 2.53. The van der Waals surface area contributed by atoms with Gasteiger partial charge in [0.1, 0.15) is 5.75 Å². The van der Waals surface area contributed by atoms with Crippen molar-refractivity contribution in [3.05, 3.63) is 96.8 Å². The van der Waals surface area contributed by atoms with Gasteiger partial charge in [0.15, 0.2) is 0 Å². The molecule has 3 nitrogen and oxygen atoms in total. The number of esters is 1. The first-order chi connectivity index (χ1) is 10.4. The number of carbonyl (C=O) groups is 1. The van der Waals surface area contributed by atoms with Gasteiger partial charge in [-0.15, -0.1) is 0 Å². The highest BCUT2D eigenvalue weighted by Gasteiger charge is 2.06. The predicted octanol–water partition coefficient (Wildman–Crippen LogP) is 3.99. The molecule has 104 valence electrons. The molecule has 21 heavy (non-hydrogen) atoms. The number of para-hydroxylation sites is 1. The van der Waals surface area contributed by atoms with Gasteiger partial charge in [-0.25, -0.2) is 4.79 Å². The maximum absolute atomic E-state index is 11.6. The average molecular weight is 277 g/mol. The Bertz CT molecular complexity index is 613. The van der Waals surface area contributed by atoms with E-state index >= 15 is 0 Å². The molecule has 3 heteroatoms. The number of nitrogens with zero attached hydrogens (tertiary/aromatic N) is 1. The van der Waals surface area contributed by atoms with Crippen LogP contribution < -0.4 is 4.74 Å². The molecule has 0 spiro atoms. The summed E-state index contributed by atoms with van der Waals surface area (Å²) in [6.45, 7) is 0. The van der Waals surface area contributed by atoms with Crippen molar-refractivity contribution < 1.29 is 9.53 Å². The SMILES string of the molecule is O=C(Oc1ccccc1)c1ccccc1.c1ccncc1. The normalized spacial score (nSPS) is 9.14. The molecule has 2 aromatic carbocycles. The first-order valence-electron chi connectivity index (χ1n) is 6.53. The molecule has 1 heterocycles. The summed E-state index contributed by atoms with van der Waals surface area (Å²) in [4.78, 5) is 15.4. The van der Waals surface area contributed by atoms with E-state index in [0.717, 1.165) is 0 Å². The summed E-state index contributed by atoms with van der Waals surface area (Å²) < 4.78 is 5.16. The van der Waals surface area contributed by atoms with E-state index in [9.17, 15) is 4.79 Å². The monoisotopic (exact) mass is 277 g/mol. The zero-order valence-corrected chi connectivity index (χ0v) is 11.4. The molecule has 0 fully saturated rings. The number of carbonyl (C=O) groups excluding carboxylic acids is 1. The molecule has 0 saturated carbocycles. The summed E-state index contributed by atoms with van der Waals surface area (Å²) in [5.74, 6) is 0.230. The highest BCUT2D eigenvalue weighted by atomic mass is 16.5. The van der Waals surface area contributed by atoms with Crippen molar-refractivity contribution in [3.8, 4) is 5.75 Å². The third-order valence-electron chi connectivity index (χ3n) is 2.53. The summed E-state index contributed by atoms with van der Waals surface area (Å²) in [5.41, 5.74) is 0.557. The minimum absolute atomic E-state index is 0.332. The molecular formula is C18H15NO2. The van der Waals surface area contributed by atoms with Crippen LogP contribution in [0, 0.1) is 0 Å². The molecule has 0 aliphatic carbocycles. The van der Waals surface area contributed by atoms with Crippen molar-refractivity contribution >= 4 is 5.97 Å². The second kappa shape index (κ2) is 8.27. The molecule has 0 radical (unpaired) electrons. The molecule has 0 unspecified atom stereocenters. The summed E-state index contributed by atoms with van der Waals surface area (Å²) in [5, 5.41) is 0. The molecule has 3 aromatic rings. The lowest BCUT2D eigenvalue weighted by atomic mass is 10.2. The van der Waals surface area contributed by atoms with E-state index in [-0.39, 0.29) is 5.97 Å². The molecule has 0 aliphatic heterocycles. The predicted molar refractivity (Wildman–Crippen MR) is 82.1 cm³/mol. The fraction of sp³-hybridized carbons (Fsp3) is 0. The minimum atomic E-state index is -0.332. The van der Waals surface area contributed by atoms with Gasteiger partial charge in [0.2, 0.25) is 0 Å². The van der Waals surface area contributed by atoms with Crippen LogP contribution in [0.2, 0.25) is 0 Å². The van der Waals surface area contributed by atoms with Gasteiger partial charge in [0.05, 0.1) is 5.56 Å². The van der Waals surface area contributed by atoms with Gasteiger partial charge < -0.3 is 4.74 Å². The van der Waals surface area contributed by atoms with E-state index in [0.29, 0.717) is 11.3 Å². The zero-order chi connectivity index (χ0) is 14.8. The number of pyridine rings is 1. The Kier molecular flexibility index (Phi) is 5.70. The smallest absolute Gasteiger partial charge is 0.343 e. The first-order valence-corrected chi connectivity index (χ1v) is 6.53. The Labute approximate surface area is 123 Å². The van der Waals surface area contributed by atoms with Crippen molar-refractivity contribution in [2.45, 2.75) is 0 Å². The minimum Gasteiger partial charge on any atom is -0.423 e. The van der Waals surface area contributed by atoms with Crippen molar-refractivity contribution in [2.75, 3.05) is 0 Å². The molecular weight excluding hydrogens is 262 g/mol. The summed E-state index contributed by atoms with van der Waals surface area (Å²) in [7, 11) is 0. The molecule has 0 atom stereocenters. The largest absolute Gasteiger partial charge is 0.423 e. The van der Waals surface area contributed by atoms with Crippen LogP contribution in [-0.2, 0) is 0 Å². The number of aromatic nitrogens is 1. The summed E-state index contributed by atoms with van der Waals surface area (Å²) in [6.07, 6.45) is 3.50. The van der Waals surface area contributed by atoms with Crippen LogP contribution in [0.5, 0.6) is 5.75 Å². The van der Waals surface area contributed by atoms with E-state index in [4.69, 9.17) is 4.74 Å². The zero-order valence-electron chi connectivity index (χ0n) is 11.4. The first kappa shape index (κ1) is 14.5. The summed E-state index contributed by atoms with van der Waals surface area (Å²) >= 11 is 0. The van der Waals surface area contributed by atoms with Crippen LogP contribution in [0.25, 0.3) is 0 Å². The highest BCUT2D eigenvalue weighted by molar-refractivity contribution is 5.90. The second-order valence-corrected chi connectivity index (χ2v) is 4.09.